The second kappa shape index (κ2) is 8.29. The first-order valence-corrected chi connectivity index (χ1v) is 10.2. The van der Waals surface area contributed by atoms with Crippen molar-refractivity contribution in [2.45, 2.75) is 44.6 Å². The summed E-state index contributed by atoms with van der Waals surface area (Å²) in [6.07, 6.45) is 12.6. The van der Waals surface area contributed by atoms with Gasteiger partial charge in [-0.15, -0.1) is 0 Å². The van der Waals surface area contributed by atoms with E-state index in [-0.39, 0.29) is 5.78 Å². The van der Waals surface area contributed by atoms with E-state index in [2.05, 4.69) is 17.5 Å². The smallest absolute Gasteiger partial charge is 0.177 e. The largest absolute Gasteiger partial charge is 0.382 e. The molecule has 0 aromatic heterocycles. The Morgan fingerprint density at radius 3 is 2.57 bits per heavy atom. The Kier molecular flexibility index (Phi) is 6.39. The molecule has 0 spiro atoms. The summed E-state index contributed by atoms with van der Waals surface area (Å²) >= 11 is 0. The second-order valence-corrected chi connectivity index (χ2v) is 8.40. The molecule has 1 aromatic rings. The molecule has 2 rings (SSSR count). The molecule has 0 amide bonds. The first kappa shape index (κ1) is 17.7. The summed E-state index contributed by atoms with van der Waals surface area (Å²) < 4.78 is 22.4. The maximum atomic E-state index is 11.9. The van der Waals surface area contributed by atoms with Gasteiger partial charge in [-0.25, -0.2) is 8.42 Å². The molecule has 4 nitrogen and oxygen atoms in total. The summed E-state index contributed by atoms with van der Waals surface area (Å²) in [6.45, 7) is 0. The lowest BCUT2D eigenvalue weighted by molar-refractivity contribution is 0.102. The number of nitrogens with one attached hydrogen (secondary N) is 1. The molecule has 1 N–H and O–H groups in total. The van der Waals surface area contributed by atoms with Crippen LogP contribution in [0.4, 0.5) is 5.69 Å². The molecule has 0 heterocycles. The molecule has 0 saturated carbocycles. The highest BCUT2D eigenvalue weighted by Crippen LogP contribution is 2.18. The van der Waals surface area contributed by atoms with Gasteiger partial charge in [-0.2, -0.15) is 0 Å². The zero-order chi connectivity index (χ0) is 16.7. The minimum absolute atomic E-state index is 0.357. The maximum Gasteiger partial charge on any atom is 0.177 e. The van der Waals surface area contributed by atoms with Crippen LogP contribution in [0.25, 0.3) is 0 Å². The molecule has 126 valence electrons. The lowest BCUT2D eigenvalue weighted by Gasteiger charge is -2.18. The zero-order valence-corrected chi connectivity index (χ0v) is 14.4. The summed E-state index contributed by atoms with van der Waals surface area (Å²) in [5, 5.41) is 3.51. The van der Waals surface area contributed by atoms with Gasteiger partial charge in [0.2, 0.25) is 0 Å². The van der Waals surface area contributed by atoms with Gasteiger partial charge < -0.3 is 5.32 Å². The number of rotatable bonds is 5. The normalized spacial score (nSPS) is 20.8. The summed E-state index contributed by atoms with van der Waals surface area (Å²) in [5.41, 5.74) is 1.41. The highest BCUT2D eigenvalue weighted by atomic mass is 32.2. The van der Waals surface area contributed by atoms with Crippen LogP contribution in [0.5, 0.6) is 0 Å². The lowest BCUT2D eigenvalue weighted by atomic mass is 10.1. The number of hydrogen-bond acceptors (Lipinski definition) is 4. The Morgan fingerprint density at radius 2 is 1.87 bits per heavy atom. The van der Waals surface area contributed by atoms with Gasteiger partial charge in [0.25, 0.3) is 0 Å². The molecular weight excluding hydrogens is 310 g/mol. The van der Waals surface area contributed by atoms with Crippen molar-refractivity contribution in [3.63, 3.8) is 0 Å². The third-order valence-corrected chi connectivity index (χ3v) is 4.77. The Bertz CT molecular complexity index is 647. The van der Waals surface area contributed by atoms with Gasteiger partial charge in [0.15, 0.2) is 15.6 Å². The molecule has 0 fully saturated rings. The van der Waals surface area contributed by atoms with Crippen molar-refractivity contribution in [2.75, 3.05) is 17.3 Å². The zero-order valence-electron chi connectivity index (χ0n) is 13.6. The van der Waals surface area contributed by atoms with E-state index in [0.717, 1.165) is 24.8 Å². The highest BCUT2D eigenvalue weighted by molar-refractivity contribution is 7.91. The standard InChI is InChI=1S/C18H25NO3S/c1-23(21,22)14-18(20)15-10-12-17(13-11-15)19-16-8-6-4-2-3-5-7-9-16/h4,6,10-13,16,19H,2-3,5,7-9,14H2,1H3/b6-4+. The topological polar surface area (TPSA) is 63.2 Å². The third-order valence-electron chi connectivity index (χ3n) is 3.98. The molecule has 1 aliphatic carbocycles. The molecule has 0 aliphatic heterocycles. The number of sulfone groups is 1. The Morgan fingerprint density at radius 1 is 1.13 bits per heavy atom. The van der Waals surface area contributed by atoms with Gasteiger partial charge in [0, 0.05) is 23.5 Å². The molecule has 5 heteroatoms. The SMILES string of the molecule is CS(=O)(=O)CC(=O)c1ccc(NC2C/C=C/CCCCC2)cc1. The van der Waals surface area contributed by atoms with Crippen molar-refractivity contribution in [3.05, 3.63) is 42.0 Å². The summed E-state index contributed by atoms with van der Waals surface area (Å²) in [7, 11) is -3.29. The fourth-order valence-electron chi connectivity index (χ4n) is 2.77. The predicted octanol–water partition coefficient (Wildman–Crippen LogP) is 3.60. The Balaban J connectivity index is 1.97. The second-order valence-electron chi connectivity index (χ2n) is 6.26. The van der Waals surface area contributed by atoms with Crippen molar-refractivity contribution in [3.8, 4) is 0 Å². The van der Waals surface area contributed by atoms with Crippen LogP contribution in [-0.4, -0.2) is 32.3 Å². The first-order valence-electron chi connectivity index (χ1n) is 8.16. The van der Waals surface area contributed by atoms with Gasteiger partial charge in [-0.05, 0) is 49.9 Å². The fraction of sp³-hybridized carbons (Fsp3) is 0.500. The molecule has 1 aromatic carbocycles. The van der Waals surface area contributed by atoms with Crippen LogP contribution >= 0.6 is 0 Å². The van der Waals surface area contributed by atoms with Crippen LogP contribution in [0, 0.1) is 0 Å². The fourth-order valence-corrected chi connectivity index (χ4v) is 3.41. The number of carbonyl (C=O) groups is 1. The van der Waals surface area contributed by atoms with Crippen molar-refractivity contribution in [1.82, 2.24) is 0 Å². The van der Waals surface area contributed by atoms with Crippen LogP contribution < -0.4 is 5.32 Å². The van der Waals surface area contributed by atoms with Crippen LogP contribution in [0.3, 0.4) is 0 Å². The van der Waals surface area contributed by atoms with Gasteiger partial charge in [-0.1, -0.05) is 25.0 Å². The number of anilines is 1. The van der Waals surface area contributed by atoms with E-state index in [1.165, 1.54) is 25.7 Å². The van der Waals surface area contributed by atoms with Gasteiger partial charge in [0.05, 0.1) is 0 Å². The Labute approximate surface area is 138 Å². The van der Waals surface area contributed by atoms with Crippen LogP contribution in [0.2, 0.25) is 0 Å². The van der Waals surface area contributed by atoms with Crippen molar-refractivity contribution >= 4 is 21.3 Å². The summed E-state index contributed by atoms with van der Waals surface area (Å²) in [6, 6.07) is 7.50. The van der Waals surface area contributed by atoms with Crippen LogP contribution in [0.15, 0.2) is 36.4 Å². The van der Waals surface area contributed by atoms with E-state index in [0.29, 0.717) is 11.6 Å². The Hall–Kier alpha value is -1.62. The number of ketones is 1. The average molecular weight is 335 g/mol. The van der Waals surface area contributed by atoms with Crippen LogP contribution in [0.1, 0.15) is 48.9 Å². The van der Waals surface area contributed by atoms with E-state index < -0.39 is 15.6 Å². The van der Waals surface area contributed by atoms with E-state index in [1.54, 1.807) is 12.1 Å². The molecule has 0 saturated heterocycles. The van der Waals surface area contributed by atoms with Crippen molar-refractivity contribution in [2.24, 2.45) is 0 Å². The first-order chi connectivity index (χ1) is 10.9. The average Bonchev–Trinajstić information content (AvgIpc) is 2.60. The van der Waals surface area contributed by atoms with E-state index in [1.807, 2.05) is 12.1 Å². The van der Waals surface area contributed by atoms with E-state index in [4.69, 9.17) is 0 Å². The molecule has 1 atom stereocenters. The number of carbonyl (C=O) groups excluding carboxylic acids is 1. The van der Waals surface area contributed by atoms with Gasteiger partial charge in [-0.3, -0.25) is 4.79 Å². The summed E-state index contributed by atoms with van der Waals surface area (Å²) in [5.74, 6) is -0.794. The molecule has 1 unspecified atom stereocenters. The van der Waals surface area contributed by atoms with E-state index in [9.17, 15) is 13.2 Å². The number of allylic oxidation sites excluding steroid dienone is 1. The van der Waals surface area contributed by atoms with Gasteiger partial charge in [0.1, 0.15) is 5.75 Å². The van der Waals surface area contributed by atoms with Gasteiger partial charge >= 0.3 is 0 Å². The predicted molar refractivity (Wildman–Crippen MR) is 94.7 cm³/mol. The summed E-state index contributed by atoms with van der Waals surface area (Å²) in [4.78, 5) is 11.9. The minimum atomic E-state index is -3.29. The molecule has 0 radical (unpaired) electrons. The molecule has 1 aliphatic rings. The number of hydrogen-bond donors (Lipinski definition) is 1. The molecule has 0 bridgehead atoms. The van der Waals surface area contributed by atoms with E-state index >= 15 is 0 Å². The monoisotopic (exact) mass is 335 g/mol. The van der Waals surface area contributed by atoms with Crippen molar-refractivity contribution in [1.29, 1.82) is 0 Å². The maximum absolute atomic E-state index is 11.9. The number of Topliss-reactive ketones (excluding diaryl/α,β-unsaturated/α-hetero) is 1. The third kappa shape index (κ3) is 6.57. The lowest BCUT2D eigenvalue weighted by Crippen LogP contribution is -2.19. The quantitative estimate of drug-likeness (QED) is 0.659. The van der Waals surface area contributed by atoms with Crippen molar-refractivity contribution < 1.29 is 13.2 Å². The molecule has 23 heavy (non-hydrogen) atoms. The van der Waals surface area contributed by atoms with Crippen LogP contribution in [-0.2, 0) is 9.84 Å². The minimum Gasteiger partial charge on any atom is -0.382 e. The molecular formula is C18H25NO3S. The highest BCUT2D eigenvalue weighted by Gasteiger charge is 2.13. The number of benzene rings is 1.